The van der Waals surface area contributed by atoms with Gasteiger partial charge in [-0.15, -0.1) is 0 Å². The Balaban J connectivity index is 2.17. The van der Waals surface area contributed by atoms with E-state index in [0.717, 1.165) is 29.7 Å². The van der Waals surface area contributed by atoms with Crippen LogP contribution in [0.3, 0.4) is 0 Å². The third-order valence-corrected chi connectivity index (χ3v) is 2.80. The van der Waals surface area contributed by atoms with Crippen molar-refractivity contribution in [3.05, 3.63) is 24.5 Å². The van der Waals surface area contributed by atoms with E-state index in [1.165, 1.54) is 0 Å². The van der Waals surface area contributed by atoms with Gasteiger partial charge in [0.05, 0.1) is 5.69 Å². The molecule has 1 N–H and O–H groups in total. The number of fused-ring (bicyclic) bond motifs is 1. The maximum Gasteiger partial charge on any atom is 0.227 e. The van der Waals surface area contributed by atoms with Gasteiger partial charge < -0.3 is 9.88 Å². The predicted octanol–water partition coefficient (Wildman–Crippen LogP) is 1.69. The van der Waals surface area contributed by atoms with Crippen LogP contribution in [0.5, 0.6) is 0 Å². The van der Waals surface area contributed by atoms with Gasteiger partial charge >= 0.3 is 0 Å². The van der Waals surface area contributed by atoms with Crippen LogP contribution in [-0.4, -0.2) is 22.4 Å². The van der Waals surface area contributed by atoms with Crippen LogP contribution < -0.4 is 4.90 Å². The molecule has 4 heteroatoms. The summed E-state index contributed by atoms with van der Waals surface area (Å²) in [6, 6.07) is 3.86. The van der Waals surface area contributed by atoms with E-state index in [9.17, 15) is 4.79 Å². The van der Waals surface area contributed by atoms with Crippen LogP contribution in [0.4, 0.5) is 5.69 Å². The van der Waals surface area contributed by atoms with E-state index in [1.54, 1.807) is 6.20 Å². The van der Waals surface area contributed by atoms with E-state index in [1.807, 2.05) is 23.2 Å². The van der Waals surface area contributed by atoms with Crippen molar-refractivity contribution < 1.29 is 4.79 Å². The fourth-order valence-electron chi connectivity index (χ4n) is 2.08. The molecule has 1 aliphatic rings. The number of hydrogen-bond acceptors (Lipinski definition) is 2. The molecule has 1 amide bonds. The summed E-state index contributed by atoms with van der Waals surface area (Å²) in [4.78, 5) is 20.7. The van der Waals surface area contributed by atoms with E-state index in [0.29, 0.717) is 6.42 Å². The van der Waals surface area contributed by atoms with E-state index in [2.05, 4.69) is 9.97 Å². The predicted molar refractivity (Wildman–Crippen MR) is 57.7 cm³/mol. The number of nitrogens with one attached hydrogen (secondary N) is 1. The molecule has 1 aliphatic heterocycles. The van der Waals surface area contributed by atoms with Crippen molar-refractivity contribution >= 4 is 22.6 Å². The van der Waals surface area contributed by atoms with Gasteiger partial charge in [-0.3, -0.25) is 4.79 Å². The first-order valence-electron chi connectivity index (χ1n) is 5.09. The number of carbonyl (C=O) groups is 1. The summed E-state index contributed by atoms with van der Waals surface area (Å²) in [6.45, 7) is 0.823. The highest BCUT2D eigenvalue weighted by atomic mass is 16.2. The van der Waals surface area contributed by atoms with Crippen molar-refractivity contribution in [3.63, 3.8) is 0 Å². The van der Waals surface area contributed by atoms with Crippen molar-refractivity contribution in [1.29, 1.82) is 0 Å². The van der Waals surface area contributed by atoms with Gasteiger partial charge in [0.2, 0.25) is 5.91 Å². The van der Waals surface area contributed by atoms with Crippen molar-refractivity contribution in [1.82, 2.24) is 9.97 Å². The molecular weight excluding hydrogens is 190 g/mol. The van der Waals surface area contributed by atoms with Gasteiger partial charge in [0.15, 0.2) is 0 Å². The number of anilines is 1. The van der Waals surface area contributed by atoms with Gasteiger partial charge in [-0.25, -0.2) is 4.98 Å². The fourth-order valence-corrected chi connectivity index (χ4v) is 2.08. The second-order valence-corrected chi connectivity index (χ2v) is 3.72. The van der Waals surface area contributed by atoms with Gasteiger partial charge in [-0.1, -0.05) is 0 Å². The van der Waals surface area contributed by atoms with Gasteiger partial charge in [0.25, 0.3) is 0 Å². The van der Waals surface area contributed by atoms with Crippen LogP contribution in [0.1, 0.15) is 12.8 Å². The smallest absolute Gasteiger partial charge is 0.227 e. The molecule has 0 atom stereocenters. The molecule has 0 aliphatic carbocycles. The van der Waals surface area contributed by atoms with Crippen LogP contribution >= 0.6 is 0 Å². The van der Waals surface area contributed by atoms with E-state index in [-0.39, 0.29) is 5.91 Å². The molecule has 15 heavy (non-hydrogen) atoms. The maximum atomic E-state index is 11.6. The van der Waals surface area contributed by atoms with Crippen LogP contribution in [0, 0.1) is 0 Å². The number of aromatic nitrogens is 2. The quantitative estimate of drug-likeness (QED) is 0.763. The Morgan fingerprint density at radius 3 is 3.13 bits per heavy atom. The average molecular weight is 201 g/mol. The lowest BCUT2D eigenvalue weighted by Gasteiger charge is -2.16. The Kier molecular flexibility index (Phi) is 1.74. The first kappa shape index (κ1) is 8.47. The van der Waals surface area contributed by atoms with Crippen molar-refractivity contribution in [2.24, 2.45) is 0 Å². The molecule has 0 radical (unpaired) electrons. The maximum absolute atomic E-state index is 11.6. The van der Waals surface area contributed by atoms with Gasteiger partial charge in [-0.2, -0.15) is 0 Å². The molecule has 1 fully saturated rings. The first-order valence-corrected chi connectivity index (χ1v) is 5.09. The zero-order chi connectivity index (χ0) is 10.3. The van der Waals surface area contributed by atoms with Crippen molar-refractivity contribution in [2.45, 2.75) is 12.8 Å². The van der Waals surface area contributed by atoms with Gasteiger partial charge in [0, 0.05) is 30.7 Å². The summed E-state index contributed by atoms with van der Waals surface area (Å²) in [7, 11) is 0. The highest BCUT2D eigenvalue weighted by Gasteiger charge is 2.23. The average Bonchev–Trinajstić information content (AvgIpc) is 2.85. The molecule has 3 rings (SSSR count). The fraction of sp³-hybridized carbons (Fsp3) is 0.273. The van der Waals surface area contributed by atoms with Crippen LogP contribution in [-0.2, 0) is 4.79 Å². The Bertz CT molecular complexity index is 517. The first-order chi connectivity index (χ1) is 7.36. The molecule has 4 nitrogen and oxygen atoms in total. The number of hydrogen-bond donors (Lipinski definition) is 1. The van der Waals surface area contributed by atoms with Crippen molar-refractivity contribution in [3.8, 4) is 0 Å². The molecular formula is C11H11N3O. The second kappa shape index (κ2) is 3.08. The summed E-state index contributed by atoms with van der Waals surface area (Å²) >= 11 is 0. The molecule has 3 heterocycles. The lowest BCUT2D eigenvalue weighted by molar-refractivity contribution is -0.117. The van der Waals surface area contributed by atoms with Crippen LogP contribution in [0.2, 0.25) is 0 Å². The number of H-pyrrole nitrogens is 1. The molecule has 0 unspecified atom stereocenters. The topological polar surface area (TPSA) is 49.0 Å². The Labute approximate surface area is 86.9 Å². The second-order valence-electron chi connectivity index (χ2n) is 3.72. The van der Waals surface area contributed by atoms with E-state index in [4.69, 9.17) is 0 Å². The summed E-state index contributed by atoms with van der Waals surface area (Å²) in [5.41, 5.74) is 1.82. The zero-order valence-electron chi connectivity index (χ0n) is 8.23. The number of carbonyl (C=O) groups excluding carboxylic acids is 1. The monoisotopic (exact) mass is 201 g/mol. The summed E-state index contributed by atoms with van der Waals surface area (Å²) in [6.07, 6.45) is 5.20. The number of nitrogens with zero attached hydrogens (tertiary/aromatic N) is 2. The summed E-state index contributed by atoms with van der Waals surface area (Å²) < 4.78 is 0. The zero-order valence-corrected chi connectivity index (χ0v) is 8.23. The van der Waals surface area contributed by atoms with E-state index < -0.39 is 0 Å². The Morgan fingerprint density at radius 1 is 1.40 bits per heavy atom. The minimum atomic E-state index is 0.212. The molecule has 0 spiro atoms. The molecule has 0 bridgehead atoms. The SMILES string of the molecule is O=C1CCCN1c1ccnc2[nH]ccc12. The number of aromatic amines is 1. The Hall–Kier alpha value is -1.84. The molecule has 0 aromatic carbocycles. The van der Waals surface area contributed by atoms with Crippen LogP contribution in [0.25, 0.3) is 11.0 Å². The molecule has 2 aromatic heterocycles. The van der Waals surface area contributed by atoms with Crippen molar-refractivity contribution in [2.75, 3.05) is 11.4 Å². The van der Waals surface area contributed by atoms with Gasteiger partial charge in [0.1, 0.15) is 5.65 Å². The third-order valence-electron chi connectivity index (χ3n) is 2.80. The molecule has 76 valence electrons. The largest absolute Gasteiger partial charge is 0.346 e. The summed E-state index contributed by atoms with van der Waals surface area (Å²) in [5, 5.41) is 1.02. The van der Waals surface area contributed by atoms with Crippen LogP contribution in [0.15, 0.2) is 24.5 Å². The Morgan fingerprint density at radius 2 is 2.33 bits per heavy atom. The normalized spacial score (nSPS) is 16.5. The number of pyridine rings is 1. The number of rotatable bonds is 1. The molecule has 2 aromatic rings. The van der Waals surface area contributed by atoms with E-state index >= 15 is 0 Å². The van der Waals surface area contributed by atoms with Gasteiger partial charge in [-0.05, 0) is 18.6 Å². The minimum Gasteiger partial charge on any atom is -0.346 e. The standard InChI is InChI=1S/C11H11N3O/c15-10-2-1-7-14(10)9-4-6-13-11-8(9)3-5-12-11/h3-6H,1-2,7H2,(H,12,13). The highest BCUT2D eigenvalue weighted by Crippen LogP contribution is 2.27. The minimum absolute atomic E-state index is 0.212. The lowest BCUT2D eigenvalue weighted by Crippen LogP contribution is -2.23. The number of amides is 1. The lowest BCUT2D eigenvalue weighted by atomic mass is 10.2. The molecule has 1 saturated heterocycles. The molecule has 0 saturated carbocycles. The summed E-state index contributed by atoms with van der Waals surface area (Å²) in [5.74, 6) is 0.212. The third kappa shape index (κ3) is 1.21. The highest BCUT2D eigenvalue weighted by molar-refractivity contribution is 6.03.